The molecule has 0 heterocycles. The van der Waals surface area contributed by atoms with Gasteiger partial charge in [0.25, 0.3) is 0 Å². The highest BCUT2D eigenvalue weighted by molar-refractivity contribution is 5.71. The van der Waals surface area contributed by atoms with Gasteiger partial charge in [-0.3, -0.25) is 4.90 Å². The van der Waals surface area contributed by atoms with Crippen LogP contribution in [0.25, 0.3) is 0 Å². The Morgan fingerprint density at radius 2 is 2.00 bits per heavy atom. The Labute approximate surface area is 118 Å². The molecule has 20 heavy (non-hydrogen) atoms. The fourth-order valence-electron chi connectivity index (χ4n) is 1.98. The van der Waals surface area contributed by atoms with Crippen molar-refractivity contribution in [2.24, 2.45) is 0 Å². The highest BCUT2D eigenvalue weighted by Gasteiger charge is 2.17. The topological polar surface area (TPSA) is 89.9 Å². The number of hydrogen-bond donors (Lipinski definition) is 3. The van der Waals surface area contributed by atoms with Gasteiger partial charge in [0.1, 0.15) is 12.3 Å². The lowest BCUT2D eigenvalue weighted by Crippen LogP contribution is -2.45. The van der Waals surface area contributed by atoms with E-state index in [1.807, 2.05) is 35.2 Å². The number of benzene rings is 1. The second kappa shape index (κ2) is 8.29. The molecule has 6 nitrogen and oxygen atoms in total. The average Bonchev–Trinajstić information content (AvgIpc) is 2.37. The molecule has 1 aromatic carbocycles. The van der Waals surface area contributed by atoms with E-state index in [4.69, 9.17) is 5.11 Å². The molecule has 1 rings (SSSR count). The van der Waals surface area contributed by atoms with Crippen LogP contribution < -0.4 is 5.32 Å². The monoisotopic (exact) mass is 280 g/mol. The van der Waals surface area contributed by atoms with E-state index in [2.05, 4.69) is 5.32 Å². The zero-order valence-electron chi connectivity index (χ0n) is 11.4. The molecule has 0 aliphatic carbocycles. The predicted octanol–water partition coefficient (Wildman–Crippen LogP) is 0.705. The summed E-state index contributed by atoms with van der Waals surface area (Å²) in [6, 6.07) is 8.79. The summed E-state index contributed by atoms with van der Waals surface area (Å²) in [5.74, 6) is 0. The van der Waals surface area contributed by atoms with Gasteiger partial charge in [0.2, 0.25) is 0 Å². The lowest BCUT2D eigenvalue weighted by molar-refractivity contribution is -0.110. The Kier molecular flexibility index (Phi) is 6.69. The van der Waals surface area contributed by atoms with E-state index in [0.29, 0.717) is 19.4 Å². The molecule has 2 atom stereocenters. The van der Waals surface area contributed by atoms with Crippen LogP contribution in [-0.2, 0) is 11.3 Å². The third-order valence-corrected chi connectivity index (χ3v) is 2.70. The number of carbonyl (C=O) groups excluding carboxylic acids is 1. The Balaban J connectivity index is 2.68. The van der Waals surface area contributed by atoms with Gasteiger partial charge in [0.05, 0.1) is 6.10 Å². The highest BCUT2D eigenvalue weighted by atomic mass is 16.4. The van der Waals surface area contributed by atoms with Gasteiger partial charge in [0, 0.05) is 19.6 Å². The second-order valence-electron chi connectivity index (χ2n) is 4.72. The largest absolute Gasteiger partial charge is 0.465 e. The number of amides is 1. The van der Waals surface area contributed by atoms with Crippen molar-refractivity contribution in [3.05, 3.63) is 35.9 Å². The second-order valence-corrected chi connectivity index (χ2v) is 4.72. The van der Waals surface area contributed by atoms with Crippen molar-refractivity contribution in [2.45, 2.75) is 25.6 Å². The van der Waals surface area contributed by atoms with E-state index in [-0.39, 0.29) is 6.54 Å². The quantitative estimate of drug-likeness (QED) is 0.610. The summed E-state index contributed by atoms with van der Waals surface area (Å²) in [7, 11) is 0. The van der Waals surface area contributed by atoms with Crippen LogP contribution in [0.1, 0.15) is 12.5 Å². The standard InChI is InChI=1S/C14H20N2O4/c1-11(18)7-16(8-12-5-3-2-4-6-12)9-13(10-17)15-14(19)20/h2-6,10-11,13,15,18H,7-9H2,1H3,(H,19,20)/t11-,13+/m1/s1. The highest BCUT2D eigenvalue weighted by Crippen LogP contribution is 2.06. The zero-order chi connectivity index (χ0) is 15.0. The molecule has 0 saturated heterocycles. The predicted molar refractivity (Wildman–Crippen MR) is 74.4 cm³/mol. The molecule has 3 N–H and O–H groups in total. The summed E-state index contributed by atoms with van der Waals surface area (Å²) >= 11 is 0. The maximum absolute atomic E-state index is 10.9. The minimum Gasteiger partial charge on any atom is -0.465 e. The number of hydrogen-bond acceptors (Lipinski definition) is 4. The summed E-state index contributed by atoms with van der Waals surface area (Å²) in [6.07, 6.45) is -1.23. The molecular formula is C14H20N2O4. The van der Waals surface area contributed by atoms with Crippen molar-refractivity contribution in [2.75, 3.05) is 13.1 Å². The van der Waals surface area contributed by atoms with E-state index >= 15 is 0 Å². The van der Waals surface area contributed by atoms with Crippen molar-refractivity contribution in [1.29, 1.82) is 0 Å². The number of nitrogens with one attached hydrogen (secondary N) is 1. The van der Waals surface area contributed by atoms with Crippen LogP contribution in [0.3, 0.4) is 0 Å². The summed E-state index contributed by atoms with van der Waals surface area (Å²) < 4.78 is 0. The number of aliphatic hydroxyl groups excluding tert-OH is 1. The first-order valence-corrected chi connectivity index (χ1v) is 6.40. The first kappa shape index (κ1) is 16.1. The van der Waals surface area contributed by atoms with E-state index < -0.39 is 18.2 Å². The molecule has 0 fully saturated rings. The number of carboxylic acid groups (broad SMARTS) is 1. The Morgan fingerprint density at radius 1 is 1.35 bits per heavy atom. The average molecular weight is 280 g/mol. The van der Waals surface area contributed by atoms with Crippen LogP contribution in [0.5, 0.6) is 0 Å². The van der Waals surface area contributed by atoms with E-state index in [1.54, 1.807) is 6.92 Å². The van der Waals surface area contributed by atoms with Crippen molar-refractivity contribution in [1.82, 2.24) is 10.2 Å². The first-order valence-electron chi connectivity index (χ1n) is 6.40. The van der Waals surface area contributed by atoms with Gasteiger partial charge in [0.15, 0.2) is 0 Å². The van der Waals surface area contributed by atoms with Crippen molar-refractivity contribution < 1.29 is 19.8 Å². The number of rotatable bonds is 8. The Bertz CT molecular complexity index is 422. The summed E-state index contributed by atoms with van der Waals surface area (Å²) in [5, 5.41) is 20.3. The molecule has 1 aromatic rings. The summed E-state index contributed by atoms with van der Waals surface area (Å²) in [4.78, 5) is 23.3. The first-order chi connectivity index (χ1) is 9.51. The van der Waals surface area contributed by atoms with E-state index in [0.717, 1.165) is 5.56 Å². The van der Waals surface area contributed by atoms with Gasteiger partial charge in [-0.05, 0) is 12.5 Å². The fraction of sp³-hybridized carbons (Fsp3) is 0.429. The van der Waals surface area contributed by atoms with Gasteiger partial charge in [-0.15, -0.1) is 0 Å². The Morgan fingerprint density at radius 3 is 2.50 bits per heavy atom. The van der Waals surface area contributed by atoms with Crippen LogP contribution in [-0.4, -0.2) is 52.7 Å². The Hall–Kier alpha value is -1.92. The number of aliphatic hydroxyl groups is 1. The smallest absolute Gasteiger partial charge is 0.405 e. The molecule has 1 amide bonds. The van der Waals surface area contributed by atoms with Gasteiger partial charge in [-0.1, -0.05) is 30.3 Å². The molecule has 0 aliphatic heterocycles. The third-order valence-electron chi connectivity index (χ3n) is 2.70. The number of nitrogens with zero attached hydrogens (tertiary/aromatic N) is 1. The zero-order valence-corrected chi connectivity index (χ0v) is 11.4. The molecule has 0 unspecified atom stereocenters. The number of aldehydes is 1. The van der Waals surface area contributed by atoms with Crippen LogP contribution in [0, 0.1) is 0 Å². The maximum atomic E-state index is 10.9. The molecule has 110 valence electrons. The molecule has 6 heteroatoms. The third kappa shape index (κ3) is 6.31. The minimum atomic E-state index is -1.24. The normalized spacial score (nSPS) is 13.8. The van der Waals surface area contributed by atoms with Crippen LogP contribution in [0.2, 0.25) is 0 Å². The van der Waals surface area contributed by atoms with Crippen molar-refractivity contribution >= 4 is 12.4 Å². The SMILES string of the molecule is C[C@@H](O)CN(Cc1ccccc1)C[C@@H](C=O)NC(=O)O. The van der Waals surface area contributed by atoms with Crippen LogP contribution in [0.4, 0.5) is 4.79 Å². The molecule has 0 saturated carbocycles. The van der Waals surface area contributed by atoms with Gasteiger partial charge >= 0.3 is 6.09 Å². The molecule has 0 bridgehead atoms. The molecule has 0 spiro atoms. The maximum Gasteiger partial charge on any atom is 0.405 e. The molecule has 0 aliphatic rings. The van der Waals surface area contributed by atoms with Crippen LogP contribution in [0.15, 0.2) is 30.3 Å². The van der Waals surface area contributed by atoms with Crippen molar-refractivity contribution in [3.63, 3.8) is 0 Å². The summed E-state index contributed by atoms with van der Waals surface area (Å²) in [6.45, 7) is 2.77. The fourth-order valence-corrected chi connectivity index (χ4v) is 1.98. The van der Waals surface area contributed by atoms with E-state index in [9.17, 15) is 14.7 Å². The van der Waals surface area contributed by atoms with Gasteiger partial charge in [-0.2, -0.15) is 0 Å². The minimum absolute atomic E-state index is 0.218. The molecule has 0 aromatic heterocycles. The van der Waals surface area contributed by atoms with Gasteiger partial charge < -0.3 is 20.3 Å². The van der Waals surface area contributed by atoms with Crippen LogP contribution >= 0.6 is 0 Å². The molecular weight excluding hydrogens is 260 g/mol. The lowest BCUT2D eigenvalue weighted by Gasteiger charge is -2.26. The van der Waals surface area contributed by atoms with E-state index in [1.165, 1.54) is 0 Å². The number of carbonyl (C=O) groups is 2. The van der Waals surface area contributed by atoms with Crippen molar-refractivity contribution in [3.8, 4) is 0 Å². The lowest BCUT2D eigenvalue weighted by atomic mass is 10.2. The molecule has 0 radical (unpaired) electrons. The summed E-state index contributed by atoms with van der Waals surface area (Å²) in [5.41, 5.74) is 1.04. The van der Waals surface area contributed by atoms with Gasteiger partial charge in [-0.25, -0.2) is 4.79 Å².